The summed E-state index contributed by atoms with van der Waals surface area (Å²) in [4.78, 5) is 0. The molecule has 0 unspecified atom stereocenters. The Kier molecular flexibility index (Phi) is 5.15. The molecule has 0 spiro atoms. The SMILES string of the molecule is Cc1nn(-c2ccccc2)c(Cl)c1CSc1nnnn1-c1cccc(Cl)c1. The number of thioether (sulfide) groups is 1. The number of nitrogens with zero attached hydrogens (tertiary/aromatic N) is 6. The van der Waals surface area contributed by atoms with Crippen molar-refractivity contribution >= 4 is 35.0 Å². The lowest BCUT2D eigenvalue weighted by Crippen LogP contribution is -1.99. The Morgan fingerprint density at radius 3 is 2.52 bits per heavy atom. The number of aromatic nitrogens is 6. The molecule has 0 amide bonds. The van der Waals surface area contributed by atoms with Crippen LogP contribution in [0.15, 0.2) is 59.8 Å². The van der Waals surface area contributed by atoms with E-state index in [1.54, 1.807) is 9.36 Å². The lowest BCUT2D eigenvalue weighted by molar-refractivity contribution is 0.756. The topological polar surface area (TPSA) is 61.4 Å². The second-order valence-corrected chi connectivity index (χ2v) is 7.48. The zero-order chi connectivity index (χ0) is 18.8. The van der Waals surface area contributed by atoms with Gasteiger partial charge in [-0.05, 0) is 47.7 Å². The molecule has 0 saturated carbocycles. The highest BCUT2D eigenvalue weighted by Gasteiger charge is 2.17. The minimum Gasteiger partial charge on any atom is -0.222 e. The van der Waals surface area contributed by atoms with Crippen molar-refractivity contribution in [1.82, 2.24) is 30.0 Å². The summed E-state index contributed by atoms with van der Waals surface area (Å²) < 4.78 is 3.40. The van der Waals surface area contributed by atoms with Crippen LogP contribution in [0.1, 0.15) is 11.3 Å². The summed E-state index contributed by atoms with van der Waals surface area (Å²) >= 11 is 14.2. The molecule has 0 aliphatic carbocycles. The molecule has 0 atom stereocenters. The number of rotatable bonds is 5. The molecule has 0 fully saturated rings. The van der Waals surface area contributed by atoms with Crippen molar-refractivity contribution in [2.45, 2.75) is 17.8 Å². The third-order valence-corrected chi connectivity index (χ3v) is 5.53. The molecule has 0 N–H and O–H groups in total. The van der Waals surface area contributed by atoms with Gasteiger partial charge in [-0.15, -0.1) is 5.10 Å². The molecule has 0 radical (unpaired) electrons. The Hall–Kier alpha value is -2.35. The summed E-state index contributed by atoms with van der Waals surface area (Å²) in [7, 11) is 0. The van der Waals surface area contributed by atoms with Gasteiger partial charge in [0.2, 0.25) is 5.16 Å². The predicted molar refractivity (Wildman–Crippen MR) is 107 cm³/mol. The summed E-state index contributed by atoms with van der Waals surface area (Å²) in [5, 5.41) is 18.4. The molecule has 9 heteroatoms. The molecule has 0 aliphatic heterocycles. The summed E-state index contributed by atoms with van der Waals surface area (Å²) in [5.41, 5.74) is 3.55. The zero-order valence-electron chi connectivity index (χ0n) is 14.3. The molecule has 0 bridgehead atoms. The quantitative estimate of drug-likeness (QED) is 0.439. The summed E-state index contributed by atoms with van der Waals surface area (Å²) in [6, 6.07) is 17.2. The van der Waals surface area contributed by atoms with Gasteiger partial charge in [-0.1, -0.05) is 59.2 Å². The number of hydrogen-bond acceptors (Lipinski definition) is 5. The molecule has 4 aromatic rings. The van der Waals surface area contributed by atoms with Gasteiger partial charge in [-0.3, -0.25) is 0 Å². The van der Waals surface area contributed by atoms with Crippen LogP contribution in [0.3, 0.4) is 0 Å². The van der Waals surface area contributed by atoms with Crippen LogP contribution in [-0.2, 0) is 5.75 Å². The molecule has 2 aromatic heterocycles. The molecule has 27 heavy (non-hydrogen) atoms. The molecule has 0 aliphatic rings. The highest BCUT2D eigenvalue weighted by Crippen LogP contribution is 2.30. The minimum atomic E-state index is 0.591. The van der Waals surface area contributed by atoms with Gasteiger partial charge in [0, 0.05) is 16.3 Å². The zero-order valence-corrected chi connectivity index (χ0v) is 16.6. The third kappa shape index (κ3) is 3.71. The monoisotopic (exact) mass is 416 g/mol. The van der Waals surface area contributed by atoms with Crippen LogP contribution in [0.5, 0.6) is 0 Å². The maximum atomic E-state index is 6.59. The normalized spacial score (nSPS) is 11.1. The van der Waals surface area contributed by atoms with E-state index >= 15 is 0 Å². The first-order valence-electron chi connectivity index (χ1n) is 8.10. The Morgan fingerprint density at radius 1 is 0.963 bits per heavy atom. The largest absolute Gasteiger partial charge is 0.222 e. The van der Waals surface area contributed by atoms with E-state index in [0.29, 0.717) is 21.1 Å². The molecule has 2 aromatic carbocycles. The van der Waals surface area contributed by atoms with Gasteiger partial charge in [-0.25, -0.2) is 4.68 Å². The van der Waals surface area contributed by atoms with Crippen molar-refractivity contribution in [3.05, 3.63) is 76.0 Å². The number of benzene rings is 2. The highest BCUT2D eigenvalue weighted by atomic mass is 35.5. The highest BCUT2D eigenvalue weighted by molar-refractivity contribution is 7.98. The van der Waals surface area contributed by atoms with E-state index in [-0.39, 0.29) is 0 Å². The van der Waals surface area contributed by atoms with Crippen LogP contribution >= 0.6 is 35.0 Å². The van der Waals surface area contributed by atoms with Gasteiger partial charge in [0.05, 0.1) is 17.1 Å². The molecular formula is C18H14Cl2N6S. The first-order chi connectivity index (χ1) is 13.1. The average molecular weight is 417 g/mol. The van der Waals surface area contributed by atoms with E-state index in [1.807, 2.05) is 61.5 Å². The van der Waals surface area contributed by atoms with E-state index < -0.39 is 0 Å². The fraction of sp³-hybridized carbons (Fsp3) is 0.111. The molecule has 2 heterocycles. The van der Waals surface area contributed by atoms with Crippen molar-refractivity contribution in [2.75, 3.05) is 0 Å². The lowest BCUT2D eigenvalue weighted by atomic mass is 10.3. The lowest BCUT2D eigenvalue weighted by Gasteiger charge is -2.05. The van der Waals surface area contributed by atoms with Gasteiger partial charge < -0.3 is 0 Å². The van der Waals surface area contributed by atoms with E-state index in [2.05, 4.69) is 20.6 Å². The third-order valence-electron chi connectivity index (χ3n) is 3.96. The van der Waals surface area contributed by atoms with Crippen LogP contribution in [0.4, 0.5) is 0 Å². The van der Waals surface area contributed by atoms with E-state index in [4.69, 9.17) is 23.2 Å². The van der Waals surface area contributed by atoms with Crippen molar-refractivity contribution in [3.8, 4) is 11.4 Å². The van der Waals surface area contributed by atoms with E-state index in [0.717, 1.165) is 22.6 Å². The van der Waals surface area contributed by atoms with Crippen LogP contribution in [-0.4, -0.2) is 30.0 Å². The van der Waals surface area contributed by atoms with Crippen LogP contribution in [0, 0.1) is 6.92 Å². The Morgan fingerprint density at radius 2 is 1.74 bits per heavy atom. The number of halogens is 2. The molecule has 0 saturated heterocycles. The van der Waals surface area contributed by atoms with E-state index in [1.165, 1.54) is 11.8 Å². The van der Waals surface area contributed by atoms with Gasteiger partial charge in [0.25, 0.3) is 0 Å². The number of hydrogen-bond donors (Lipinski definition) is 0. The Labute approximate surface area is 170 Å². The summed E-state index contributed by atoms with van der Waals surface area (Å²) in [5.74, 6) is 0.596. The molecule has 136 valence electrons. The van der Waals surface area contributed by atoms with Crippen LogP contribution < -0.4 is 0 Å². The van der Waals surface area contributed by atoms with Gasteiger partial charge in [0.1, 0.15) is 5.15 Å². The summed E-state index contributed by atoms with van der Waals surface area (Å²) in [6.07, 6.45) is 0. The Balaban J connectivity index is 1.59. The second-order valence-electron chi connectivity index (χ2n) is 5.74. The van der Waals surface area contributed by atoms with Gasteiger partial charge in [-0.2, -0.15) is 9.78 Å². The van der Waals surface area contributed by atoms with Gasteiger partial charge >= 0.3 is 0 Å². The molecule has 4 rings (SSSR count). The average Bonchev–Trinajstić information content (AvgIpc) is 3.25. The smallest absolute Gasteiger partial charge is 0.214 e. The standard InChI is InChI=1S/C18H14Cl2N6S/c1-12-16(17(20)25(22-12)14-7-3-2-4-8-14)11-27-18-21-23-24-26(18)15-9-5-6-13(19)10-15/h2-10H,11H2,1H3. The van der Waals surface area contributed by atoms with Crippen LogP contribution in [0.25, 0.3) is 11.4 Å². The fourth-order valence-electron chi connectivity index (χ4n) is 2.61. The predicted octanol–water partition coefficient (Wildman–Crippen LogP) is 4.76. The Bertz CT molecular complexity index is 1080. The van der Waals surface area contributed by atoms with Gasteiger partial charge in [0.15, 0.2) is 0 Å². The minimum absolute atomic E-state index is 0.591. The number of para-hydroxylation sites is 1. The number of tetrazole rings is 1. The second kappa shape index (κ2) is 7.72. The summed E-state index contributed by atoms with van der Waals surface area (Å²) in [6.45, 7) is 1.95. The van der Waals surface area contributed by atoms with Crippen molar-refractivity contribution in [3.63, 3.8) is 0 Å². The number of aryl methyl sites for hydroxylation is 1. The van der Waals surface area contributed by atoms with Crippen LogP contribution in [0.2, 0.25) is 10.2 Å². The first kappa shape index (κ1) is 18.0. The molecular weight excluding hydrogens is 403 g/mol. The van der Waals surface area contributed by atoms with Crippen molar-refractivity contribution in [2.24, 2.45) is 0 Å². The first-order valence-corrected chi connectivity index (χ1v) is 9.84. The van der Waals surface area contributed by atoms with Crippen molar-refractivity contribution < 1.29 is 0 Å². The van der Waals surface area contributed by atoms with E-state index in [9.17, 15) is 0 Å². The molecule has 6 nitrogen and oxygen atoms in total. The maximum Gasteiger partial charge on any atom is 0.214 e. The van der Waals surface area contributed by atoms with Crippen molar-refractivity contribution in [1.29, 1.82) is 0 Å². The maximum absolute atomic E-state index is 6.59. The fourth-order valence-corrected chi connectivity index (χ4v) is 4.19.